The molecule has 2 aromatic rings. The van der Waals surface area contributed by atoms with Crippen molar-refractivity contribution < 1.29 is 0 Å². The van der Waals surface area contributed by atoms with Crippen LogP contribution in [0, 0.1) is 6.92 Å². The summed E-state index contributed by atoms with van der Waals surface area (Å²) in [5.74, 6) is 1.61. The van der Waals surface area contributed by atoms with Crippen LogP contribution >= 0.6 is 0 Å². The zero-order chi connectivity index (χ0) is 17.4. The first kappa shape index (κ1) is 16.6. The van der Waals surface area contributed by atoms with Crippen LogP contribution in [0.25, 0.3) is 11.2 Å². The molecular weight excluding hydrogens is 308 g/mol. The SMILES string of the molecule is C=CC(CCC)c1c(C)nc2nc3n(c2c1N1CCCCC1)CCC3. The number of rotatable bonds is 5. The van der Waals surface area contributed by atoms with Crippen LogP contribution in [-0.2, 0) is 13.0 Å². The highest BCUT2D eigenvalue weighted by molar-refractivity contribution is 5.90. The van der Waals surface area contributed by atoms with Crippen LogP contribution in [0.5, 0.6) is 0 Å². The van der Waals surface area contributed by atoms with Crippen molar-refractivity contribution in [1.82, 2.24) is 14.5 Å². The normalized spacial score (nSPS) is 18.6. The zero-order valence-corrected chi connectivity index (χ0v) is 15.7. The van der Waals surface area contributed by atoms with Gasteiger partial charge in [0.2, 0.25) is 0 Å². The van der Waals surface area contributed by atoms with Crippen LogP contribution in [0.2, 0.25) is 0 Å². The molecule has 1 saturated heterocycles. The van der Waals surface area contributed by atoms with Gasteiger partial charge >= 0.3 is 0 Å². The van der Waals surface area contributed by atoms with E-state index in [1.54, 1.807) is 0 Å². The molecule has 0 spiro atoms. The summed E-state index contributed by atoms with van der Waals surface area (Å²) in [6.45, 7) is 12.0. The van der Waals surface area contributed by atoms with Gasteiger partial charge in [-0.2, -0.15) is 0 Å². The van der Waals surface area contributed by atoms with Crippen molar-refractivity contribution in [2.45, 2.75) is 71.3 Å². The molecule has 0 aromatic carbocycles. The number of hydrogen-bond donors (Lipinski definition) is 0. The molecule has 4 rings (SSSR count). The number of pyridine rings is 1. The molecule has 0 N–H and O–H groups in total. The molecule has 1 atom stereocenters. The van der Waals surface area contributed by atoms with E-state index in [1.807, 2.05) is 0 Å². The summed E-state index contributed by atoms with van der Waals surface area (Å²) in [4.78, 5) is 12.4. The maximum absolute atomic E-state index is 4.94. The van der Waals surface area contributed by atoms with E-state index in [-0.39, 0.29) is 0 Å². The smallest absolute Gasteiger partial charge is 0.180 e. The Labute approximate surface area is 151 Å². The Kier molecular flexibility index (Phi) is 4.53. The third-order valence-electron chi connectivity index (χ3n) is 5.88. The summed E-state index contributed by atoms with van der Waals surface area (Å²) in [6.07, 6.45) is 10.7. The third kappa shape index (κ3) is 2.76. The molecule has 2 aliphatic heterocycles. The summed E-state index contributed by atoms with van der Waals surface area (Å²) in [6, 6.07) is 0. The number of hydrogen-bond acceptors (Lipinski definition) is 3. The fourth-order valence-corrected chi connectivity index (χ4v) is 4.71. The highest BCUT2D eigenvalue weighted by Gasteiger charge is 2.28. The largest absolute Gasteiger partial charge is 0.369 e. The van der Waals surface area contributed by atoms with Gasteiger partial charge in [-0.15, -0.1) is 6.58 Å². The number of fused-ring (bicyclic) bond motifs is 3. The minimum Gasteiger partial charge on any atom is -0.369 e. The number of aromatic nitrogens is 3. The van der Waals surface area contributed by atoms with Gasteiger partial charge in [0.1, 0.15) is 11.3 Å². The summed E-state index contributed by atoms with van der Waals surface area (Å²) in [5, 5.41) is 0. The number of allylic oxidation sites excluding steroid dienone is 1. The van der Waals surface area contributed by atoms with Gasteiger partial charge in [0.25, 0.3) is 0 Å². The van der Waals surface area contributed by atoms with E-state index in [0.717, 1.165) is 50.2 Å². The van der Waals surface area contributed by atoms with Gasteiger partial charge < -0.3 is 9.47 Å². The highest BCUT2D eigenvalue weighted by atomic mass is 15.2. The lowest BCUT2D eigenvalue weighted by atomic mass is 9.90. The molecule has 0 saturated carbocycles. The first-order valence-electron chi connectivity index (χ1n) is 10.0. The van der Waals surface area contributed by atoms with Crippen molar-refractivity contribution in [2.75, 3.05) is 18.0 Å². The van der Waals surface area contributed by atoms with Crippen LogP contribution in [0.4, 0.5) is 5.69 Å². The minimum atomic E-state index is 0.381. The first-order valence-corrected chi connectivity index (χ1v) is 10.0. The maximum atomic E-state index is 4.94. The molecule has 4 heterocycles. The van der Waals surface area contributed by atoms with Crippen LogP contribution in [0.1, 0.15) is 68.4 Å². The lowest BCUT2D eigenvalue weighted by molar-refractivity contribution is 0.574. The van der Waals surface area contributed by atoms with E-state index in [1.165, 1.54) is 48.3 Å². The van der Waals surface area contributed by atoms with Gasteiger partial charge in [-0.25, -0.2) is 9.97 Å². The Morgan fingerprint density at radius 2 is 1.92 bits per heavy atom. The quantitative estimate of drug-likeness (QED) is 0.738. The van der Waals surface area contributed by atoms with Crippen molar-refractivity contribution in [3.63, 3.8) is 0 Å². The summed E-state index contributed by atoms with van der Waals surface area (Å²) < 4.78 is 2.45. The van der Waals surface area contributed by atoms with Gasteiger partial charge in [0.15, 0.2) is 5.65 Å². The molecule has 4 heteroatoms. The molecule has 25 heavy (non-hydrogen) atoms. The van der Waals surface area contributed by atoms with Crippen molar-refractivity contribution in [1.29, 1.82) is 0 Å². The van der Waals surface area contributed by atoms with E-state index in [9.17, 15) is 0 Å². The van der Waals surface area contributed by atoms with Gasteiger partial charge in [0, 0.05) is 43.2 Å². The molecular formula is C21H30N4. The Hall–Kier alpha value is -1.84. The molecule has 0 amide bonds. The molecule has 1 unspecified atom stereocenters. The van der Waals surface area contributed by atoms with Crippen LogP contribution in [0.15, 0.2) is 12.7 Å². The van der Waals surface area contributed by atoms with Gasteiger partial charge in [0.05, 0.1) is 5.69 Å². The van der Waals surface area contributed by atoms with Gasteiger partial charge in [-0.1, -0.05) is 19.4 Å². The Balaban J connectivity index is 1.98. The molecule has 2 aliphatic rings. The fraction of sp³-hybridized carbons (Fsp3) is 0.619. The number of anilines is 1. The molecule has 1 fully saturated rings. The van der Waals surface area contributed by atoms with Crippen molar-refractivity contribution in [3.8, 4) is 0 Å². The van der Waals surface area contributed by atoms with Crippen LogP contribution in [-0.4, -0.2) is 27.6 Å². The molecule has 0 aliphatic carbocycles. The molecule has 0 bridgehead atoms. The number of piperidine rings is 1. The van der Waals surface area contributed by atoms with E-state index in [4.69, 9.17) is 9.97 Å². The second-order valence-corrected chi connectivity index (χ2v) is 7.59. The van der Waals surface area contributed by atoms with E-state index >= 15 is 0 Å². The van der Waals surface area contributed by atoms with Crippen LogP contribution in [0.3, 0.4) is 0 Å². The lowest BCUT2D eigenvalue weighted by Crippen LogP contribution is -2.31. The average molecular weight is 338 g/mol. The predicted molar refractivity (Wildman–Crippen MR) is 104 cm³/mol. The summed E-state index contributed by atoms with van der Waals surface area (Å²) in [7, 11) is 0. The third-order valence-corrected chi connectivity index (χ3v) is 5.88. The van der Waals surface area contributed by atoms with E-state index in [0.29, 0.717) is 5.92 Å². The molecule has 2 aromatic heterocycles. The number of aryl methyl sites for hydroxylation is 3. The fourth-order valence-electron chi connectivity index (χ4n) is 4.71. The Bertz CT molecular complexity index is 783. The summed E-state index contributed by atoms with van der Waals surface area (Å²) in [5.41, 5.74) is 6.21. The zero-order valence-electron chi connectivity index (χ0n) is 15.7. The second-order valence-electron chi connectivity index (χ2n) is 7.59. The van der Waals surface area contributed by atoms with Crippen molar-refractivity contribution >= 4 is 16.9 Å². The lowest BCUT2D eigenvalue weighted by Gasteiger charge is -2.33. The molecule has 134 valence electrons. The molecule has 0 radical (unpaired) electrons. The summed E-state index contributed by atoms with van der Waals surface area (Å²) >= 11 is 0. The number of imidazole rings is 1. The minimum absolute atomic E-state index is 0.381. The van der Waals surface area contributed by atoms with Gasteiger partial charge in [-0.05, 0) is 39.0 Å². The van der Waals surface area contributed by atoms with Gasteiger partial charge in [-0.3, -0.25) is 0 Å². The predicted octanol–water partition coefficient (Wildman–Crippen LogP) is 4.75. The maximum Gasteiger partial charge on any atom is 0.180 e. The standard InChI is InChI=1S/C21H30N4/c1-4-10-16(5-2)18-15(3)22-21-20(25-14-9-11-17(25)23-21)19(18)24-12-7-6-8-13-24/h5,16H,2,4,6-14H2,1,3H3. The van der Waals surface area contributed by atoms with Crippen LogP contribution < -0.4 is 4.90 Å². The van der Waals surface area contributed by atoms with Crippen molar-refractivity contribution in [2.24, 2.45) is 0 Å². The second kappa shape index (κ2) is 6.81. The Morgan fingerprint density at radius 1 is 1.12 bits per heavy atom. The van der Waals surface area contributed by atoms with E-state index < -0.39 is 0 Å². The topological polar surface area (TPSA) is 34.0 Å². The Morgan fingerprint density at radius 3 is 2.64 bits per heavy atom. The first-order chi connectivity index (χ1) is 12.2. The highest BCUT2D eigenvalue weighted by Crippen LogP contribution is 2.41. The molecule has 4 nitrogen and oxygen atoms in total. The monoisotopic (exact) mass is 338 g/mol. The van der Waals surface area contributed by atoms with Crippen molar-refractivity contribution in [3.05, 3.63) is 29.7 Å². The number of nitrogens with zero attached hydrogens (tertiary/aromatic N) is 4. The average Bonchev–Trinajstić information content (AvgIpc) is 3.20. The van der Waals surface area contributed by atoms with E-state index in [2.05, 4.69) is 36.0 Å².